The highest BCUT2D eigenvalue weighted by atomic mass is 32.1. The van der Waals surface area contributed by atoms with Crippen LogP contribution in [0.3, 0.4) is 0 Å². The van der Waals surface area contributed by atoms with Gasteiger partial charge in [-0.2, -0.15) is 0 Å². The molecule has 0 aliphatic heterocycles. The molecule has 0 unspecified atom stereocenters. The Kier molecular flexibility index (Phi) is 3.61. The third-order valence-corrected chi connectivity index (χ3v) is 5.12. The van der Waals surface area contributed by atoms with Crippen molar-refractivity contribution < 1.29 is 4.79 Å². The topological polar surface area (TPSA) is 54.9 Å². The van der Waals surface area contributed by atoms with Gasteiger partial charge in [0.2, 0.25) is 0 Å². The quantitative estimate of drug-likeness (QED) is 0.591. The second-order valence-corrected chi connectivity index (χ2v) is 6.73. The van der Waals surface area contributed by atoms with E-state index in [-0.39, 0.29) is 5.91 Å². The number of nitrogens with one attached hydrogen (secondary N) is 1. The fraction of sp³-hybridized carbons (Fsp3) is 0. The summed E-state index contributed by atoms with van der Waals surface area (Å²) in [4.78, 5) is 21.2. The Bertz CT molecular complexity index is 943. The summed E-state index contributed by atoms with van der Waals surface area (Å²) >= 11 is 2.91. The van der Waals surface area contributed by atoms with E-state index in [1.807, 2.05) is 54.6 Å². The van der Waals surface area contributed by atoms with Gasteiger partial charge in [0.15, 0.2) is 5.13 Å². The molecule has 6 heteroatoms. The first-order valence-corrected chi connectivity index (χ1v) is 8.67. The largest absolute Gasteiger partial charge is 0.296 e. The monoisotopic (exact) mass is 337 g/mol. The van der Waals surface area contributed by atoms with Gasteiger partial charge in [0.25, 0.3) is 5.91 Å². The number of amides is 1. The zero-order chi connectivity index (χ0) is 15.6. The number of nitrogens with zero attached hydrogens (tertiary/aromatic N) is 2. The molecule has 0 fully saturated rings. The van der Waals surface area contributed by atoms with Crippen molar-refractivity contribution in [2.45, 2.75) is 0 Å². The number of thiazole rings is 2. The van der Waals surface area contributed by atoms with Crippen LogP contribution in [-0.2, 0) is 0 Å². The van der Waals surface area contributed by atoms with Gasteiger partial charge in [-0.15, -0.1) is 11.3 Å². The van der Waals surface area contributed by atoms with E-state index in [0.29, 0.717) is 10.8 Å². The van der Waals surface area contributed by atoms with Gasteiger partial charge in [-0.05, 0) is 12.1 Å². The molecule has 1 N–H and O–H groups in total. The van der Waals surface area contributed by atoms with Gasteiger partial charge in [0.1, 0.15) is 10.7 Å². The first-order chi connectivity index (χ1) is 11.3. The van der Waals surface area contributed by atoms with Crippen LogP contribution in [0.25, 0.3) is 20.8 Å². The Balaban J connectivity index is 1.56. The molecule has 0 aliphatic rings. The van der Waals surface area contributed by atoms with E-state index in [9.17, 15) is 4.79 Å². The first-order valence-electron chi connectivity index (χ1n) is 6.97. The van der Waals surface area contributed by atoms with Crippen molar-refractivity contribution in [1.29, 1.82) is 0 Å². The molecule has 23 heavy (non-hydrogen) atoms. The van der Waals surface area contributed by atoms with Crippen molar-refractivity contribution in [2.24, 2.45) is 0 Å². The Morgan fingerprint density at radius 2 is 1.74 bits per heavy atom. The molecule has 112 valence electrons. The van der Waals surface area contributed by atoms with Crippen molar-refractivity contribution in [2.75, 3.05) is 5.32 Å². The fourth-order valence-electron chi connectivity index (χ4n) is 2.18. The first kappa shape index (κ1) is 14.0. The molecule has 0 atom stereocenters. The molecule has 0 saturated heterocycles. The van der Waals surface area contributed by atoms with Gasteiger partial charge in [-0.3, -0.25) is 10.1 Å². The molecular weight excluding hydrogens is 326 g/mol. The Morgan fingerprint density at radius 1 is 0.957 bits per heavy atom. The summed E-state index contributed by atoms with van der Waals surface area (Å²) in [5.74, 6) is -0.234. The molecule has 0 radical (unpaired) electrons. The van der Waals surface area contributed by atoms with Gasteiger partial charge in [-0.25, -0.2) is 9.97 Å². The summed E-state index contributed by atoms with van der Waals surface area (Å²) in [5.41, 5.74) is 2.31. The highest BCUT2D eigenvalue weighted by Crippen LogP contribution is 2.27. The summed E-state index contributed by atoms with van der Waals surface area (Å²) in [6, 6.07) is 17.6. The van der Waals surface area contributed by atoms with Crippen LogP contribution in [0.15, 0.2) is 60.0 Å². The highest BCUT2D eigenvalue weighted by Gasteiger charge is 2.14. The number of carbonyl (C=O) groups is 1. The molecule has 4 nitrogen and oxygen atoms in total. The van der Waals surface area contributed by atoms with E-state index in [1.54, 1.807) is 5.38 Å². The molecule has 4 rings (SSSR count). The van der Waals surface area contributed by atoms with E-state index in [1.165, 1.54) is 22.7 Å². The van der Waals surface area contributed by atoms with E-state index in [0.717, 1.165) is 20.8 Å². The van der Waals surface area contributed by atoms with Crippen LogP contribution in [0.4, 0.5) is 5.13 Å². The molecule has 1 amide bonds. The van der Waals surface area contributed by atoms with E-state index < -0.39 is 0 Å². The number of aromatic nitrogens is 2. The van der Waals surface area contributed by atoms with Crippen molar-refractivity contribution in [1.82, 2.24) is 9.97 Å². The Hall–Kier alpha value is -2.57. The number of hydrogen-bond acceptors (Lipinski definition) is 5. The highest BCUT2D eigenvalue weighted by molar-refractivity contribution is 7.22. The summed E-state index contributed by atoms with van der Waals surface area (Å²) in [6.07, 6.45) is 0. The molecule has 0 bridgehead atoms. The maximum absolute atomic E-state index is 12.3. The van der Waals surface area contributed by atoms with Crippen molar-refractivity contribution in [3.63, 3.8) is 0 Å². The van der Waals surface area contributed by atoms with Crippen LogP contribution < -0.4 is 5.32 Å². The van der Waals surface area contributed by atoms with Crippen LogP contribution in [0, 0.1) is 0 Å². The number of benzene rings is 2. The molecule has 0 saturated carbocycles. The van der Waals surface area contributed by atoms with E-state index in [4.69, 9.17) is 0 Å². The molecule has 2 aromatic heterocycles. The molecule has 0 aliphatic carbocycles. The number of para-hydroxylation sites is 1. The average molecular weight is 337 g/mol. The molecule has 2 heterocycles. The van der Waals surface area contributed by atoms with Crippen LogP contribution >= 0.6 is 22.7 Å². The lowest BCUT2D eigenvalue weighted by molar-refractivity contribution is 0.102. The van der Waals surface area contributed by atoms with E-state index in [2.05, 4.69) is 15.3 Å². The van der Waals surface area contributed by atoms with Gasteiger partial charge in [-0.1, -0.05) is 53.8 Å². The molecule has 0 spiro atoms. The predicted octanol–water partition coefficient (Wildman–Crippen LogP) is 4.67. The summed E-state index contributed by atoms with van der Waals surface area (Å²) in [5, 5.41) is 6.02. The second kappa shape index (κ2) is 5.91. The van der Waals surface area contributed by atoms with Crippen LogP contribution in [0.5, 0.6) is 0 Å². The minimum absolute atomic E-state index is 0.234. The minimum atomic E-state index is -0.234. The third-order valence-electron chi connectivity index (χ3n) is 3.27. The third kappa shape index (κ3) is 2.86. The Labute approximate surface area is 140 Å². The molecular formula is C17H11N3OS2. The van der Waals surface area contributed by atoms with Crippen LogP contribution in [0.2, 0.25) is 0 Å². The number of rotatable bonds is 3. The predicted molar refractivity (Wildman–Crippen MR) is 95.1 cm³/mol. The van der Waals surface area contributed by atoms with Gasteiger partial charge < -0.3 is 0 Å². The van der Waals surface area contributed by atoms with Crippen molar-refractivity contribution >= 4 is 43.9 Å². The summed E-state index contributed by atoms with van der Waals surface area (Å²) in [6.45, 7) is 0. The summed E-state index contributed by atoms with van der Waals surface area (Å²) < 4.78 is 1.05. The number of carbonyl (C=O) groups excluding carboxylic acids is 1. The number of anilines is 1. The molecule has 2 aromatic carbocycles. The lowest BCUT2D eigenvalue weighted by Crippen LogP contribution is -2.11. The van der Waals surface area contributed by atoms with Gasteiger partial charge in [0, 0.05) is 10.9 Å². The number of fused-ring (bicyclic) bond motifs is 1. The lowest BCUT2D eigenvalue weighted by atomic mass is 10.2. The average Bonchev–Trinajstić information content (AvgIpc) is 3.22. The maximum Gasteiger partial charge on any atom is 0.276 e. The van der Waals surface area contributed by atoms with Crippen molar-refractivity contribution in [3.8, 4) is 10.6 Å². The zero-order valence-corrected chi connectivity index (χ0v) is 13.5. The van der Waals surface area contributed by atoms with Gasteiger partial charge >= 0.3 is 0 Å². The second-order valence-electron chi connectivity index (χ2n) is 4.84. The fourth-order valence-corrected chi connectivity index (χ4v) is 3.85. The minimum Gasteiger partial charge on any atom is -0.296 e. The summed E-state index contributed by atoms with van der Waals surface area (Å²) in [7, 11) is 0. The van der Waals surface area contributed by atoms with Crippen LogP contribution in [-0.4, -0.2) is 15.9 Å². The van der Waals surface area contributed by atoms with E-state index >= 15 is 0 Å². The van der Waals surface area contributed by atoms with Crippen LogP contribution in [0.1, 0.15) is 10.5 Å². The lowest BCUT2D eigenvalue weighted by Gasteiger charge is -1.97. The molecule has 4 aromatic rings. The maximum atomic E-state index is 12.3. The van der Waals surface area contributed by atoms with Crippen molar-refractivity contribution in [3.05, 3.63) is 65.7 Å². The normalized spacial score (nSPS) is 10.8. The SMILES string of the molecule is O=C(Nc1nc2ccccc2s1)c1csc(-c2ccccc2)n1. The number of hydrogen-bond donors (Lipinski definition) is 1. The Morgan fingerprint density at radius 3 is 2.57 bits per heavy atom. The standard InChI is InChI=1S/C17H11N3OS2/c21-15(20-17-19-12-8-4-5-9-14(12)23-17)13-10-22-16(18-13)11-6-2-1-3-7-11/h1-10H,(H,19,20,21). The zero-order valence-electron chi connectivity index (χ0n) is 11.9. The smallest absolute Gasteiger partial charge is 0.276 e. The van der Waals surface area contributed by atoms with Gasteiger partial charge in [0.05, 0.1) is 10.2 Å².